The lowest BCUT2D eigenvalue weighted by Crippen LogP contribution is -2.12. The summed E-state index contributed by atoms with van der Waals surface area (Å²) in [4.78, 5) is 12.9. The minimum absolute atomic E-state index is 0.237. The van der Waals surface area contributed by atoms with E-state index in [0.717, 1.165) is 16.6 Å². The fourth-order valence-corrected chi connectivity index (χ4v) is 1.93. The Morgan fingerprint density at radius 2 is 2.00 bits per heavy atom. The second-order valence-corrected chi connectivity index (χ2v) is 4.63. The standard InChI is InChI=1S/C14H11N5S/c15-14(20)12-7-18-13(8-17-12)19-10-3-4-11-9(6-10)2-1-5-16-11/h1-8H,(H2,15,20)(H,18,19). The first-order valence-corrected chi connectivity index (χ1v) is 6.37. The van der Waals surface area contributed by atoms with Gasteiger partial charge in [-0.2, -0.15) is 0 Å². The van der Waals surface area contributed by atoms with E-state index < -0.39 is 0 Å². The molecule has 0 radical (unpaired) electrons. The summed E-state index contributed by atoms with van der Waals surface area (Å²) >= 11 is 4.84. The van der Waals surface area contributed by atoms with Gasteiger partial charge in [-0.25, -0.2) is 9.97 Å². The zero-order valence-corrected chi connectivity index (χ0v) is 11.3. The van der Waals surface area contributed by atoms with Crippen LogP contribution in [0.1, 0.15) is 5.69 Å². The van der Waals surface area contributed by atoms with E-state index in [4.69, 9.17) is 18.0 Å². The van der Waals surface area contributed by atoms with Gasteiger partial charge in [-0.15, -0.1) is 0 Å². The van der Waals surface area contributed by atoms with E-state index in [1.54, 1.807) is 18.6 Å². The molecule has 2 aromatic heterocycles. The van der Waals surface area contributed by atoms with Gasteiger partial charge in [-0.05, 0) is 24.3 Å². The fourth-order valence-electron chi connectivity index (χ4n) is 1.82. The molecule has 0 atom stereocenters. The SMILES string of the molecule is NC(=S)c1cnc(Nc2ccc3ncccc3c2)cn1. The molecule has 6 heteroatoms. The second kappa shape index (κ2) is 5.18. The molecular weight excluding hydrogens is 270 g/mol. The van der Waals surface area contributed by atoms with Crippen molar-refractivity contribution in [1.29, 1.82) is 0 Å². The fraction of sp³-hybridized carbons (Fsp3) is 0. The summed E-state index contributed by atoms with van der Waals surface area (Å²) < 4.78 is 0. The average molecular weight is 281 g/mol. The van der Waals surface area contributed by atoms with E-state index in [9.17, 15) is 0 Å². The number of rotatable bonds is 3. The van der Waals surface area contributed by atoms with E-state index in [-0.39, 0.29) is 4.99 Å². The lowest BCUT2D eigenvalue weighted by atomic mass is 10.2. The van der Waals surface area contributed by atoms with Crippen molar-refractivity contribution in [2.75, 3.05) is 5.32 Å². The zero-order valence-electron chi connectivity index (χ0n) is 10.4. The quantitative estimate of drug-likeness (QED) is 0.718. The lowest BCUT2D eigenvalue weighted by Gasteiger charge is -2.06. The number of thiocarbonyl (C=S) groups is 1. The van der Waals surface area contributed by atoms with Crippen LogP contribution in [0.15, 0.2) is 48.9 Å². The average Bonchev–Trinajstić information content (AvgIpc) is 2.48. The number of nitrogens with one attached hydrogen (secondary N) is 1. The predicted octanol–water partition coefficient (Wildman–Crippen LogP) is 2.40. The van der Waals surface area contributed by atoms with Gasteiger partial charge in [0.1, 0.15) is 16.5 Å². The molecule has 0 saturated heterocycles. The zero-order chi connectivity index (χ0) is 13.9. The van der Waals surface area contributed by atoms with Crippen molar-refractivity contribution in [2.45, 2.75) is 0 Å². The number of pyridine rings is 1. The summed E-state index contributed by atoms with van der Waals surface area (Å²) in [5, 5.41) is 4.24. The van der Waals surface area contributed by atoms with Crippen molar-refractivity contribution in [3.8, 4) is 0 Å². The van der Waals surface area contributed by atoms with Crippen LogP contribution in [0.5, 0.6) is 0 Å². The molecule has 3 N–H and O–H groups in total. The molecule has 0 aliphatic heterocycles. The summed E-state index contributed by atoms with van der Waals surface area (Å²) in [6.07, 6.45) is 4.92. The first-order valence-electron chi connectivity index (χ1n) is 5.96. The molecule has 3 aromatic rings. The molecule has 0 aliphatic rings. The topological polar surface area (TPSA) is 76.7 Å². The highest BCUT2D eigenvalue weighted by Gasteiger charge is 2.01. The monoisotopic (exact) mass is 281 g/mol. The van der Waals surface area contributed by atoms with Crippen molar-refractivity contribution in [1.82, 2.24) is 15.0 Å². The molecule has 5 nitrogen and oxygen atoms in total. The van der Waals surface area contributed by atoms with Gasteiger partial charge in [0.2, 0.25) is 0 Å². The normalized spacial score (nSPS) is 10.4. The maximum atomic E-state index is 5.48. The van der Waals surface area contributed by atoms with Crippen LogP contribution in [-0.4, -0.2) is 19.9 Å². The molecule has 98 valence electrons. The third-order valence-corrected chi connectivity index (χ3v) is 2.99. The molecule has 1 aromatic carbocycles. The maximum absolute atomic E-state index is 5.48. The van der Waals surface area contributed by atoms with Crippen molar-refractivity contribution < 1.29 is 0 Å². The molecule has 0 spiro atoms. The van der Waals surface area contributed by atoms with Gasteiger partial charge in [-0.3, -0.25) is 4.98 Å². The molecule has 0 unspecified atom stereocenters. The number of aromatic nitrogens is 3. The van der Waals surface area contributed by atoms with E-state index in [1.807, 2.05) is 30.3 Å². The van der Waals surface area contributed by atoms with Crippen LogP contribution in [-0.2, 0) is 0 Å². The van der Waals surface area contributed by atoms with Crippen molar-refractivity contribution in [3.05, 3.63) is 54.6 Å². The smallest absolute Gasteiger partial charge is 0.148 e. The van der Waals surface area contributed by atoms with E-state index in [1.165, 1.54) is 0 Å². The molecule has 0 aliphatic carbocycles. The molecule has 0 saturated carbocycles. The van der Waals surface area contributed by atoms with Crippen molar-refractivity contribution in [2.24, 2.45) is 5.73 Å². The molecule has 3 rings (SSSR count). The molecule has 0 fully saturated rings. The van der Waals surface area contributed by atoms with Crippen molar-refractivity contribution in [3.63, 3.8) is 0 Å². The number of benzene rings is 1. The highest BCUT2D eigenvalue weighted by molar-refractivity contribution is 7.80. The summed E-state index contributed by atoms with van der Waals surface area (Å²) in [6.45, 7) is 0. The summed E-state index contributed by atoms with van der Waals surface area (Å²) in [7, 11) is 0. The highest BCUT2D eigenvalue weighted by atomic mass is 32.1. The van der Waals surface area contributed by atoms with E-state index in [0.29, 0.717) is 11.5 Å². The second-order valence-electron chi connectivity index (χ2n) is 4.19. The Bertz CT molecular complexity index is 770. The van der Waals surface area contributed by atoms with Gasteiger partial charge >= 0.3 is 0 Å². The number of anilines is 2. The van der Waals surface area contributed by atoms with Crippen LogP contribution in [0.4, 0.5) is 11.5 Å². The van der Waals surface area contributed by atoms with Crippen LogP contribution in [0.3, 0.4) is 0 Å². The van der Waals surface area contributed by atoms with Gasteiger partial charge in [0.15, 0.2) is 0 Å². The number of hydrogen-bond donors (Lipinski definition) is 2. The summed E-state index contributed by atoms with van der Waals surface area (Å²) in [6, 6.07) is 9.82. The molecule has 2 heterocycles. The Hall–Kier alpha value is -2.60. The third-order valence-electron chi connectivity index (χ3n) is 2.78. The lowest BCUT2D eigenvalue weighted by molar-refractivity contribution is 1.18. The Labute approximate surface area is 120 Å². The highest BCUT2D eigenvalue weighted by Crippen LogP contribution is 2.19. The maximum Gasteiger partial charge on any atom is 0.148 e. The Kier molecular flexibility index (Phi) is 3.22. The molecule has 20 heavy (non-hydrogen) atoms. The minimum Gasteiger partial charge on any atom is -0.388 e. The van der Waals surface area contributed by atoms with Gasteiger partial charge in [0.05, 0.1) is 17.9 Å². The first kappa shape index (κ1) is 12.4. The third kappa shape index (κ3) is 2.55. The number of nitrogens with two attached hydrogens (primary N) is 1. The minimum atomic E-state index is 0.237. The van der Waals surface area contributed by atoms with Crippen LogP contribution < -0.4 is 11.1 Å². The number of nitrogens with zero attached hydrogens (tertiary/aromatic N) is 3. The van der Waals surface area contributed by atoms with Gasteiger partial charge in [-0.1, -0.05) is 18.3 Å². The van der Waals surface area contributed by atoms with Crippen LogP contribution in [0.2, 0.25) is 0 Å². The number of fused-ring (bicyclic) bond motifs is 1. The van der Waals surface area contributed by atoms with Crippen LogP contribution in [0.25, 0.3) is 10.9 Å². The van der Waals surface area contributed by atoms with Gasteiger partial charge in [0, 0.05) is 17.3 Å². The Morgan fingerprint density at radius 3 is 2.75 bits per heavy atom. The molecule has 0 bridgehead atoms. The van der Waals surface area contributed by atoms with E-state index >= 15 is 0 Å². The largest absolute Gasteiger partial charge is 0.388 e. The Morgan fingerprint density at radius 1 is 1.10 bits per heavy atom. The molecule has 0 amide bonds. The summed E-state index contributed by atoms with van der Waals surface area (Å²) in [5.41, 5.74) is 7.86. The summed E-state index contributed by atoms with van der Waals surface area (Å²) in [5.74, 6) is 0.633. The van der Waals surface area contributed by atoms with Crippen LogP contribution >= 0.6 is 12.2 Å². The van der Waals surface area contributed by atoms with Crippen LogP contribution in [0, 0.1) is 0 Å². The first-order chi connectivity index (χ1) is 9.72. The number of hydrogen-bond acceptors (Lipinski definition) is 5. The molecular formula is C14H11N5S. The predicted molar refractivity (Wildman–Crippen MR) is 82.9 cm³/mol. The Balaban J connectivity index is 1.87. The van der Waals surface area contributed by atoms with Gasteiger partial charge in [0.25, 0.3) is 0 Å². The van der Waals surface area contributed by atoms with E-state index in [2.05, 4.69) is 20.3 Å². The van der Waals surface area contributed by atoms with Crippen molar-refractivity contribution >= 4 is 39.6 Å². The van der Waals surface area contributed by atoms with Gasteiger partial charge < -0.3 is 11.1 Å².